The molecule has 0 radical (unpaired) electrons. The van der Waals surface area contributed by atoms with E-state index < -0.39 is 23.8 Å². The number of allylic oxidation sites excluding steroid dienone is 1. The van der Waals surface area contributed by atoms with Crippen LogP contribution in [0.25, 0.3) is 0 Å². The first-order chi connectivity index (χ1) is 6.66. The minimum Gasteiger partial charge on any atom is -0.481 e. The van der Waals surface area contributed by atoms with Crippen molar-refractivity contribution in [3.63, 3.8) is 0 Å². The molecule has 1 N–H and O–H groups in total. The molecule has 0 unspecified atom stereocenters. The maximum atomic E-state index is 11.4. The van der Waals surface area contributed by atoms with E-state index in [1.165, 1.54) is 0 Å². The number of ether oxygens (including phenoxy) is 1. The number of rotatable bonds is 3. The van der Waals surface area contributed by atoms with Crippen LogP contribution in [0.3, 0.4) is 0 Å². The van der Waals surface area contributed by atoms with E-state index in [0.717, 1.165) is 6.42 Å². The van der Waals surface area contributed by atoms with Gasteiger partial charge in [0.1, 0.15) is 0 Å². The highest BCUT2D eigenvalue weighted by molar-refractivity contribution is 5.82. The molecule has 0 fully saturated rings. The lowest BCUT2D eigenvalue weighted by Crippen LogP contribution is -2.31. The molecule has 2 atom stereocenters. The molecule has 0 aromatic carbocycles. The predicted molar refractivity (Wildman–Crippen MR) is 49.6 cm³/mol. The van der Waals surface area contributed by atoms with Gasteiger partial charge in [0.2, 0.25) is 0 Å². The topological polar surface area (TPSA) is 63.6 Å². The molecule has 0 bridgehead atoms. The summed E-state index contributed by atoms with van der Waals surface area (Å²) in [7, 11) is 0. The molecule has 78 valence electrons. The Bertz CT molecular complexity index is 257. The van der Waals surface area contributed by atoms with E-state index in [-0.39, 0.29) is 0 Å². The van der Waals surface area contributed by atoms with Gasteiger partial charge in [-0.05, 0) is 19.8 Å². The maximum Gasteiger partial charge on any atom is 0.311 e. The van der Waals surface area contributed by atoms with Crippen LogP contribution in [-0.4, -0.2) is 23.7 Å². The second-order valence-corrected chi connectivity index (χ2v) is 3.23. The Labute approximate surface area is 82.6 Å². The van der Waals surface area contributed by atoms with Gasteiger partial charge in [0.15, 0.2) is 0 Å². The third kappa shape index (κ3) is 2.34. The van der Waals surface area contributed by atoms with Crippen molar-refractivity contribution in [1.29, 1.82) is 0 Å². The van der Waals surface area contributed by atoms with Crippen LogP contribution in [0.4, 0.5) is 0 Å². The molecular formula is C10H14O4. The van der Waals surface area contributed by atoms with Crippen LogP contribution in [0.5, 0.6) is 0 Å². The van der Waals surface area contributed by atoms with Crippen LogP contribution in [0.2, 0.25) is 0 Å². The third-order valence-corrected chi connectivity index (χ3v) is 2.30. The summed E-state index contributed by atoms with van der Waals surface area (Å²) in [5.41, 5.74) is 0. The fourth-order valence-corrected chi connectivity index (χ4v) is 1.60. The van der Waals surface area contributed by atoms with Gasteiger partial charge < -0.3 is 9.84 Å². The quantitative estimate of drug-likeness (QED) is 0.547. The summed E-state index contributed by atoms with van der Waals surface area (Å²) in [4.78, 5) is 22.2. The molecule has 0 saturated heterocycles. The fraction of sp³-hybridized carbons (Fsp3) is 0.600. The Kier molecular flexibility index (Phi) is 3.68. The lowest BCUT2D eigenvalue weighted by molar-refractivity contribution is -0.156. The van der Waals surface area contributed by atoms with Gasteiger partial charge in [-0.15, -0.1) is 0 Å². The zero-order valence-electron chi connectivity index (χ0n) is 8.10. The molecule has 0 aliphatic heterocycles. The number of carboxylic acid groups (broad SMARTS) is 1. The smallest absolute Gasteiger partial charge is 0.311 e. The Morgan fingerprint density at radius 1 is 1.57 bits per heavy atom. The fourth-order valence-electron chi connectivity index (χ4n) is 1.60. The summed E-state index contributed by atoms with van der Waals surface area (Å²) >= 11 is 0. The number of aliphatic carboxylic acids is 1. The van der Waals surface area contributed by atoms with Crippen molar-refractivity contribution in [2.75, 3.05) is 6.61 Å². The zero-order chi connectivity index (χ0) is 10.6. The highest BCUT2D eigenvalue weighted by atomic mass is 16.5. The van der Waals surface area contributed by atoms with Crippen molar-refractivity contribution >= 4 is 11.9 Å². The molecule has 1 aliphatic rings. The molecule has 4 nitrogen and oxygen atoms in total. The predicted octanol–water partition coefficient (Wildman–Crippen LogP) is 1.22. The molecule has 1 rings (SSSR count). The van der Waals surface area contributed by atoms with E-state index in [0.29, 0.717) is 13.0 Å². The number of carbonyl (C=O) groups excluding carboxylic acids is 1. The summed E-state index contributed by atoms with van der Waals surface area (Å²) in [5.74, 6) is -2.59. The summed E-state index contributed by atoms with van der Waals surface area (Å²) in [6, 6.07) is 0. The Morgan fingerprint density at radius 3 is 2.86 bits per heavy atom. The highest BCUT2D eigenvalue weighted by Gasteiger charge is 2.34. The summed E-state index contributed by atoms with van der Waals surface area (Å²) in [5, 5.41) is 8.87. The number of esters is 1. The Morgan fingerprint density at radius 2 is 2.29 bits per heavy atom. The molecule has 0 aromatic heterocycles. The van der Waals surface area contributed by atoms with E-state index in [2.05, 4.69) is 0 Å². The lowest BCUT2D eigenvalue weighted by atomic mass is 9.84. The monoisotopic (exact) mass is 198 g/mol. The highest BCUT2D eigenvalue weighted by Crippen LogP contribution is 2.26. The maximum absolute atomic E-state index is 11.4. The van der Waals surface area contributed by atoms with Gasteiger partial charge in [0.25, 0.3) is 0 Å². The molecule has 0 spiro atoms. The van der Waals surface area contributed by atoms with Crippen molar-refractivity contribution in [3.8, 4) is 0 Å². The lowest BCUT2D eigenvalue weighted by Gasteiger charge is -2.22. The van der Waals surface area contributed by atoms with Crippen molar-refractivity contribution in [1.82, 2.24) is 0 Å². The van der Waals surface area contributed by atoms with Crippen LogP contribution in [0, 0.1) is 11.8 Å². The molecule has 0 heterocycles. The number of hydrogen-bond acceptors (Lipinski definition) is 3. The first-order valence-electron chi connectivity index (χ1n) is 4.73. The first kappa shape index (κ1) is 10.8. The third-order valence-electron chi connectivity index (χ3n) is 2.30. The van der Waals surface area contributed by atoms with Gasteiger partial charge >= 0.3 is 11.9 Å². The standard InChI is InChI=1S/C10H14O4/c1-2-14-10(13)8-6-4-3-5-7(8)9(11)12/h3,5,7-8H,2,4,6H2,1H3,(H,11,12)/t7-,8-/m1/s1. The Balaban J connectivity index is 2.70. The van der Waals surface area contributed by atoms with Crippen molar-refractivity contribution in [2.45, 2.75) is 19.8 Å². The Hall–Kier alpha value is -1.32. The van der Waals surface area contributed by atoms with Crippen molar-refractivity contribution in [3.05, 3.63) is 12.2 Å². The van der Waals surface area contributed by atoms with E-state index in [1.807, 2.05) is 0 Å². The summed E-state index contributed by atoms with van der Waals surface area (Å²) in [6.07, 6.45) is 4.68. The van der Waals surface area contributed by atoms with Gasteiger partial charge in [-0.3, -0.25) is 9.59 Å². The molecule has 0 saturated carbocycles. The second-order valence-electron chi connectivity index (χ2n) is 3.23. The van der Waals surface area contributed by atoms with Crippen molar-refractivity contribution in [2.24, 2.45) is 11.8 Å². The SMILES string of the molecule is CCOC(=O)[C@@H]1CCC=C[C@H]1C(=O)O. The van der Waals surface area contributed by atoms with Gasteiger partial charge in [0.05, 0.1) is 18.4 Å². The second kappa shape index (κ2) is 4.79. The van der Waals surface area contributed by atoms with E-state index in [1.54, 1.807) is 19.1 Å². The van der Waals surface area contributed by atoms with Crippen LogP contribution in [-0.2, 0) is 14.3 Å². The zero-order valence-corrected chi connectivity index (χ0v) is 8.10. The van der Waals surface area contributed by atoms with Gasteiger partial charge in [-0.25, -0.2) is 0 Å². The molecule has 4 heteroatoms. The number of hydrogen-bond donors (Lipinski definition) is 1. The van der Waals surface area contributed by atoms with E-state index >= 15 is 0 Å². The summed E-state index contributed by atoms with van der Waals surface area (Å²) in [6.45, 7) is 2.01. The molecule has 1 aliphatic carbocycles. The van der Waals surface area contributed by atoms with Crippen LogP contribution >= 0.6 is 0 Å². The minimum atomic E-state index is -0.959. The molecule has 0 aromatic rings. The molecular weight excluding hydrogens is 184 g/mol. The number of carboxylic acids is 1. The van der Waals surface area contributed by atoms with Gasteiger partial charge in [-0.2, -0.15) is 0 Å². The van der Waals surface area contributed by atoms with E-state index in [9.17, 15) is 9.59 Å². The minimum absolute atomic E-state index is 0.297. The number of carbonyl (C=O) groups is 2. The van der Waals surface area contributed by atoms with Crippen LogP contribution < -0.4 is 0 Å². The summed E-state index contributed by atoms with van der Waals surface area (Å²) < 4.78 is 4.83. The van der Waals surface area contributed by atoms with Gasteiger partial charge in [0, 0.05) is 0 Å². The molecule has 0 amide bonds. The van der Waals surface area contributed by atoms with E-state index in [4.69, 9.17) is 9.84 Å². The largest absolute Gasteiger partial charge is 0.481 e. The average Bonchev–Trinajstić information content (AvgIpc) is 2.18. The van der Waals surface area contributed by atoms with Crippen LogP contribution in [0.15, 0.2) is 12.2 Å². The van der Waals surface area contributed by atoms with Crippen molar-refractivity contribution < 1.29 is 19.4 Å². The molecule has 14 heavy (non-hydrogen) atoms. The average molecular weight is 198 g/mol. The first-order valence-corrected chi connectivity index (χ1v) is 4.73. The van der Waals surface area contributed by atoms with Gasteiger partial charge in [-0.1, -0.05) is 12.2 Å². The van der Waals surface area contributed by atoms with Crippen LogP contribution in [0.1, 0.15) is 19.8 Å². The normalized spacial score (nSPS) is 25.8.